The number of esters is 2. The molecule has 5 rings (SSSR count). The van der Waals surface area contributed by atoms with E-state index in [4.69, 9.17) is 9.47 Å². The molecule has 7 unspecified atom stereocenters. The Morgan fingerprint density at radius 2 is 1.26 bits per heavy atom. The number of ether oxygens (including phenoxy) is 2. The van der Waals surface area contributed by atoms with Gasteiger partial charge in [0.1, 0.15) is 12.2 Å². The quantitative estimate of drug-likeness (QED) is 0.740. The molecule has 1 aliphatic carbocycles. The van der Waals surface area contributed by atoms with Gasteiger partial charge in [0.05, 0.1) is 11.1 Å². The molecule has 2 aromatic rings. The Bertz CT molecular complexity index is 891. The second kappa shape index (κ2) is 8.12. The van der Waals surface area contributed by atoms with Gasteiger partial charge in [0.2, 0.25) is 0 Å². The van der Waals surface area contributed by atoms with E-state index in [-0.39, 0.29) is 23.8 Å². The van der Waals surface area contributed by atoms with Crippen LogP contribution in [0.2, 0.25) is 0 Å². The molecule has 0 spiro atoms. The maximum Gasteiger partial charge on any atom is 0.338 e. The zero-order valence-corrected chi connectivity index (χ0v) is 17.9. The molecule has 0 radical (unpaired) electrons. The predicted octanol–water partition coefficient (Wildman–Crippen LogP) is 4.09. The lowest BCUT2D eigenvalue weighted by Crippen LogP contribution is -2.43. The van der Waals surface area contributed by atoms with Crippen LogP contribution in [0.25, 0.3) is 0 Å². The highest BCUT2D eigenvalue weighted by molar-refractivity contribution is 5.90. The fourth-order valence-corrected chi connectivity index (χ4v) is 6.22. The minimum atomic E-state index is -0.444. The van der Waals surface area contributed by atoms with Crippen molar-refractivity contribution in [1.29, 1.82) is 0 Å². The van der Waals surface area contributed by atoms with Crippen LogP contribution in [0, 0.1) is 23.7 Å². The summed E-state index contributed by atoms with van der Waals surface area (Å²) in [5, 5.41) is 3.73. The third-order valence-electron chi connectivity index (χ3n) is 7.39. The van der Waals surface area contributed by atoms with Crippen molar-refractivity contribution >= 4 is 11.9 Å². The first kappa shape index (κ1) is 20.3. The molecule has 2 heterocycles. The van der Waals surface area contributed by atoms with Crippen LogP contribution in [-0.4, -0.2) is 36.2 Å². The Balaban J connectivity index is 1.47. The van der Waals surface area contributed by atoms with Gasteiger partial charge in [-0.25, -0.2) is 9.59 Å². The zero-order valence-electron chi connectivity index (χ0n) is 17.9. The molecule has 2 saturated heterocycles. The molecule has 162 valence electrons. The average molecular weight is 420 g/mol. The summed E-state index contributed by atoms with van der Waals surface area (Å²) in [5.41, 5.74) is 1.05. The predicted molar refractivity (Wildman–Crippen MR) is 117 cm³/mol. The number of rotatable bonds is 5. The summed E-state index contributed by atoms with van der Waals surface area (Å²) >= 11 is 0. The number of benzene rings is 2. The number of carbonyl (C=O) groups excluding carboxylic acids is 2. The molecule has 2 aromatic carbocycles. The van der Waals surface area contributed by atoms with Crippen LogP contribution < -0.4 is 5.32 Å². The minimum Gasteiger partial charge on any atom is -0.454 e. The van der Waals surface area contributed by atoms with E-state index in [9.17, 15) is 9.59 Å². The van der Waals surface area contributed by atoms with Gasteiger partial charge in [-0.3, -0.25) is 0 Å². The Labute approximate surface area is 183 Å². The van der Waals surface area contributed by atoms with Crippen LogP contribution in [0.15, 0.2) is 60.7 Å². The van der Waals surface area contributed by atoms with E-state index in [0.29, 0.717) is 35.0 Å². The first-order valence-corrected chi connectivity index (χ1v) is 11.3. The van der Waals surface area contributed by atoms with Gasteiger partial charge in [-0.15, -0.1) is 0 Å². The Morgan fingerprint density at radius 1 is 0.774 bits per heavy atom. The highest BCUT2D eigenvalue weighted by Crippen LogP contribution is 2.55. The largest absolute Gasteiger partial charge is 0.454 e. The SMILES string of the molecule is CC(C)C1C(OC(=O)c2ccccc2)C(OC(=O)c2ccccc2)C2C3CCC(N3)C12. The van der Waals surface area contributed by atoms with Gasteiger partial charge < -0.3 is 14.8 Å². The number of carbonyl (C=O) groups is 2. The lowest BCUT2D eigenvalue weighted by Gasteiger charge is -2.31. The van der Waals surface area contributed by atoms with Crippen LogP contribution in [0.5, 0.6) is 0 Å². The van der Waals surface area contributed by atoms with Crippen molar-refractivity contribution in [2.24, 2.45) is 23.7 Å². The van der Waals surface area contributed by atoms with E-state index in [1.54, 1.807) is 24.3 Å². The van der Waals surface area contributed by atoms with E-state index in [2.05, 4.69) is 19.2 Å². The summed E-state index contributed by atoms with van der Waals surface area (Å²) in [7, 11) is 0. The summed E-state index contributed by atoms with van der Waals surface area (Å²) in [4.78, 5) is 26.0. The fraction of sp³-hybridized carbons (Fsp3) is 0.462. The van der Waals surface area contributed by atoms with Crippen molar-refractivity contribution in [3.8, 4) is 0 Å². The average Bonchev–Trinajstić information content (AvgIpc) is 3.48. The molecule has 7 atom stereocenters. The minimum absolute atomic E-state index is 0.147. The van der Waals surface area contributed by atoms with E-state index < -0.39 is 12.2 Å². The number of fused-ring (bicyclic) bond motifs is 5. The molecule has 0 amide bonds. The van der Waals surface area contributed by atoms with Crippen molar-refractivity contribution in [1.82, 2.24) is 5.32 Å². The van der Waals surface area contributed by atoms with Gasteiger partial charge in [0.25, 0.3) is 0 Å². The molecular weight excluding hydrogens is 390 g/mol. The molecular formula is C26H29NO4. The topological polar surface area (TPSA) is 64.6 Å². The highest BCUT2D eigenvalue weighted by Gasteiger charge is 2.64. The normalized spacial score (nSPS) is 33.3. The van der Waals surface area contributed by atoms with Crippen LogP contribution in [-0.2, 0) is 9.47 Å². The molecule has 5 nitrogen and oxygen atoms in total. The molecule has 5 heteroatoms. The molecule has 1 saturated carbocycles. The van der Waals surface area contributed by atoms with E-state index >= 15 is 0 Å². The fourth-order valence-electron chi connectivity index (χ4n) is 6.22. The lowest BCUT2D eigenvalue weighted by molar-refractivity contribution is -0.0515. The molecule has 1 N–H and O–H groups in total. The van der Waals surface area contributed by atoms with Crippen LogP contribution in [0.1, 0.15) is 47.4 Å². The summed E-state index contributed by atoms with van der Waals surface area (Å²) < 4.78 is 12.3. The monoisotopic (exact) mass is 419 g/mol. The van der Waals surface area contributed by atoms with Gasteiger partial charge in [-0.2, -0.15) is 0 Å². The van der Waals surface area contributed by atoms with Gasteiger partial charge in [-0.1, -0.05) is 50.2 Å². The van der Waals surface area contributed by atoms with Crippen molar-refractivity contribution in [2.75, 3.05) is 0 Å². The first-order valence-electron chi connectivity index (χ1n) is 11.3. The first-order chi connectivity index (χ1) is 15.0. The molecule has 0 aromatic heterocycles. The zero-order chi connectivity index (χ0) is 21.5. The van der Waals surface area contributed by atoms with Gasteiger partial charge in [-0.05, 0) is 48.9 Å². The molecule has 3 aliphatic rings. The van der Waals surface area contributed by atoms with Crippen LogP contribution in [0.4, 0.5) is 0 Å². The number of hydrogen-bond donors (Lipinski definition) is 1. The van der Waals surface area contributed by atoms with Crippen molar-refractivity contribution in [3.63, 3.8) is 0 Å². The van der Waals surface area contributed by atoms with Crippen LogP contribution in [0.3, 0.4) is 0 Å². The molecule has 2 bridgehead atoms. The van der Waals surface area contributed by atoms with E-state index in [1.165, 1.54) is 0 Å². The smallest absolute Gasteiger partial charge is 0.338 e. The lowest BCUT2D eigenvalue weighted by atomic mass is 9.74. The number of hydrogen-bond acceptors (Lipinski definition) is 5. The summed E-state index contributed by atoms with van der Waals surface area (Å²) in [6.45, 7) is 4.36. The molecule has 3 fully saturated rings. The summed E-state index contributed by atoms with van der Waals surface area (Å²) in [6.07, 6.45) is 1.32. The van der Waals surface area contributed by atoms with E-state index in [1.807, 2.05) is 36.4 Å². The Hall–Kier alpha value is -2.66. The van der Waals surface area contributed by atoms with Gasteiger partial charge in [0, 0.05) is 23.9 Å². The van der Waals surface area contributed by atoms with E-state index in [0.717, 1.165) is 12.8 Å². The van der Waals surface area contributed by atoms with Crippen LogP contribution >= 0.6 is 0 Å². The maximum absolute atomic E-state index is 13.0. The maximum atomic E-state index is 13.0. The standard InChI is InChI=1S/C26H29NO4/c1-15(2)20-21-18-13-14-19(27-18)22(21)24(31-26(29)17-11-7-4-8-12-17)23(20)30-25(28)16-9-5-3-6-10-16/h3-12,15,18-24,27H,13-14H2,1-2H3. The van der Waals surface area contributed by atoms with Gasteiger partial charge in [0.15, 0.2) is 0 Å². The second-order valence-corrected chi connectivity index (χ2v) is 9.40. The Kier molecular flexibility index (Phi) is 5.30. The van der Waals surface area contributed by atoms with Crippen molar-refractivity contribution in [3.05, 3.63) is 71.8 Å². The number of nitrogens with one attached hydrogen (secondary N) is 1. The highest BCUT2D eigenvalue weighted by atomic mass is 16.6. The second-order valence-electron chi connectivity index (χ2n) is 9.40. The van der Waals surface area contributed by atoms with Crippen molar-refractivity contribution < 1.29 is 19.1 Å². The summed E-state index contributed by atoms with van der Waals surface area (Å²) in [5.74, 6) is 0.277. The summed E-state index contributed by atoms with van der Waals surface area (Å²) in [6, 6.07) is 18.8. The van der Waals surface area contributed by atoms with Gasteiger partial charge >= 0.3 is 11.9 Å². The van der Waals surface area contributed by atoms with Crippen molar-refractivity contribution in [2.45, 2.75) is 51.0 Å². The molecule has 31 heavy (non-hydrogen) atoms. The molecule has 2 aliphatic heterocycles. The third-order valence-corrected chi connectivity index (χ3v) is 7.39. The Morgan fingerprint density at radius 3 is 1.77 bits per heavy atom. The third kappa shape index (κ3) is 3.55.